The van der Waals surface area contributed by atoms with Crippen LogP contribution in [0.1, 0.15) is 162 Å². The largest absolute Gasteiger partial charge is 0.481 e. The fourth-order valence-corrected chi connectivity index (χ4v) is 9.94. The molecule has 8 N–H and O–H groups in total. The van der Waals surface area contributed by atoms with Gasteiger partial charge in [0.25, 0.3) is 0 Å². The molecule has 0 aromatic rings. The topological polar surface area (TPSA) is 186 Å². The first kappa shape index (κ1) is 45.7. The second-order valence-corrected chi connectivity index (χ2v) is 21.1. The molecule has 0 atom stereocenters. The van der Waals surface area contributed by atoms with Gasteiger partial charge in [0.1, 0.15) is 0 Å². The first-order chi connectivity index (χ1) is 22.5. The zero-order valence-electron chi connectivity index (χ0n) is 34.9. The van der Waals surface area contributed by atoms with Crippen molar-refractivity contribution in [1.82, 2.24) is 25.6 Å². The number of carboxylic acid groups (broad SMARTS) is 1. The summed E-state index contributed by atoms with van der Waals surface area (Å²) in [6, 6.07) is 0.248. The number of nitrogens with zero attached hydrogens (tertiary/aromatic N) is 4. The summed E-state index contributed by atoms with van der Waals surface area (Å²) in [4.78, 5) is 23.9. The summed E-state index contributed by atoms with van der Waals surface area (Å²) in [5.74, 6) is -1.17. The first-order valence-electron chi connectivity index (χ1n) is 18.8. The van der Waals surface area contributed by atoms with Crippen LogP contribution in [0.25, 0.3) is 0 Å². The van der Waals surface area contributed by atoms with Gasteiger partial charge in [-0.1, -0.05) is 0 Å². The van der Waals surface area contributed by atoms with Gasteiger partial charge < -0.3 is 37.0 Å². The van der Waals surface area contributed by atoms with Crippen molar-refractivity contribution >= 4 is 11.9 Å². The predicted octanol–water partition coefficient (Wildman–Crippen LogP) is 6.26. The quantitative estimate of drug-likeness (QED) is 0.173. The molecule has 4 saturated heterocycles. The molecule has 4 aliphatic rings. The van der Waals surface area contributed by atoms with E-state index >= 15 is 0 Å². The molecule has 300 valence electrons. The average molecular weight is 729 g/mol. The Morgan fingerprint density at radius 3 is 0.980 bits per heavy atom. The molecule has 0 aromatic heterocycles. The highest BCUT2D eigenvalue weighted by Crippen LogP contribution is 2.42. The number of hydroxylamine groups is 8. The van der Waals surface area contributed by atoms with Crippen LogP contribution in [-0.2, 0) is 9.59 Å². The minimum absolute atomic E-state index is 0.0410. The second kappa shape index (κ2) is 15.0. The third kappa shape index (κ3) is 10.8. The highest BCUT2D eigenvalue weighted by Gasteiger charge is 2.50. The number of hydrogen-bond donors (Lipinski definition) is 7. The summed E-state index contributed by atoms with van der Waals surface area (Å²) in [5.41, 5.74) is 2.96. The molecule has 13 heteroatoms. The van der Waals surface area contributed by atoms with Gasteiger partial charge in [0.05, 0.1) is 5.92 Å². The minimum atomic E-state index is -0.765. The van der Waals surface area contributed by atoms with Crippen molar-refractivity contribution in [2.45, 2.75) is 219 Å². The minimum Gasteiger partial charge on any atom is -0.481 e. The fourth-order valence-electron chi connectivity index (χ4n) is 9.94. The van der Waals surface area contributed by atoms with E-state index in [2.05, 4.69) is 5.32 Å². The van der Waals surface area contributed by atoms with Crippen LogP contribution in [0.2, 0.25) is 0 Å². The Bertz CT molecular complexity index is 1160. The lowest BCUT2D eigenvalue weighted by Gasteiger charge is -2.53. The van der Waals surface area contributed by atoms with E-state index in [1.807, 2.05) is 111 Å². The molecule has 0 spiro atoms. The van der Waals surface area contributed by atoms with E-state index < -0.39 is 28.1 Å². The highest BCUT2D eigenvalue weighted by molar-refractivity contribution is 5.79. The van der Waals surface area contributed by atoms with Gasteiger partial charge >= 0.3 is 5.97 Å². The Morgan fingerprint density at radius 1 is 0.471 bits per heavy atom. The Balaban J connectivity index is 0.000000292. The third-order valence-corrected chi connectivity index (χ3v) is 11.7. The lowest BCUT2D eigenvalue weighted by Crippen LogP contribution is -2.64. The number of carboxylic acids is 1. The molecular weight excluding hydrogens is 652 g/mol. The zero-order chi connectivity index (χ0) is 40.1. The molecule has 4 aliphatic heterocycles. The van der Waals surface area contributed by atoms with E-state index in [0.29, 0.717) is 38.5 Å². The Hall–Kier alpha value is -1.42. The number of carbonyl (C=O) groups excluding carboxylic acids is 1. The molecule has 0 unspecified atom stereocenters. The van der Waals surface area contributed by atoms with Crippen molar-refractivity contribution in [2.24, 2.45) is 17.6 Å². The molecule has 4 fully saturated rings. The number of carbonyl (C=O) groups is 2. The Morgan fingerprint density at radius 2 is 0.706 bits per heavy atom. The lowest BCUT2D eigenvalue weighted by molar-refractivity contribution is -0.251. The van der Waals surface area contributed by atoms with Crippen molar-refractivity contribution in [3.63, 3.8) is 0 Å². The van der Waals surface area contributed by atoms with Crippen LogP contribution in [0.4, 0.5) is 0 Å². The number of amides is 1. The van der Waals surface area contributed by atoms with Crippen LogP contribution in [0.3, 0.4) is 0 Å². The molecule has 0 radical (unpaired) electrons. The van der Waals surface area contributed by atoms with Crippen molar-refractivity contribution in [2.75, 3.05) is 0 Å². The van der Waals surface area contributed by atoms with Crippen LogP contribution in [0.15, 0.2) is 0 Å². The van der Waals surface area contributed by atoms with Crippen molar-refractivity contribution < 1.29 is 35.5 Å². The van der Waals surface area contributed by atoms with Crippen molar-refractivity contribution in [3.8, 4) is 0 Å². The van der Waals surface area contributed by atoms with E-state index in [9.17, 15) is 30.4 Å². The Labute approximate surface area is 308 Å². The van der Waals surface area contributed by atoms with Gasteiger partial charge in [-0.3, -0.25) is 9.59 Å². The van der Waals surface area contributed by atoms with Crippen molar-refractivity contribution in [1.29, 1.82) is 0 Å². The summed E-state index contributed by atoms with van der Waals surface area (Å²) in [6.45, 7) is 31.5. The van der Waals surface area contributed by atoms with E-state index in [1.165, 1.54) is 20.3 Å². The molecule has 1 amide bonds. The smallest absolute Gasteiger partial charge is 0.306 e. The van der Waals surface area contributed by atoms with Crippen molar-refractivity contribution in [3.05, 3.63) is 0 Å². The monoisotopic (exact) mass is 729 g/mol. The maximum atomic E-state index is 13.0. The first-order valence-corrected chi connectivity index (χ1v) is 18.8. The summed E-state index contributed by atoms with van der Waals surface area (Å²) in [5, 5.41) is 58.4. The number of hydrogen-bond acceptors (Lipinski definition) is 11. The lowest BCUT2D eigenvalue weighted by atomic mass is 9.74. The van der Waals surface area contributed by atoms with Crippen LogP contribution in [0, 0.1) is 11.8 Å². The number of rotatable bonds is 3. The normalized spacial score (nSPS) is 29.5. The summed E-state index contributed by atoms with van der Waals surface area (Å²) in [6.07, 6.45) is 5.37. The molecule has 51 heavy (non-hydrogen) atoms. The molecule has 4 heterocycles. The van der Waals surface area contributed by atoms with Crippen LogP contribution in [-0.4, -0.2) is 114 Å². The van der Waals surface area contributed by atoms with Crippen LogP contribution >= 0.6 is 0 Å². The summed E-state index contributed by atoms with van der Waals surface area (Å²) >= 11 is 0. The molecular formula is C38H76N6O7. The van der Waals surface area contributed by atoms with Gasteiger partial charge in [-0.05, 0) is 162 Å². The Kier molecular flexibility index (Phi) is 13.5. The molecule has 0 aromatic carbocycles. The molecule has 0 bridgehead atoms. The van der Waals surface area contributed by atoms with Crippen LogP contribution < -0.4 is 11.1 Å². The SMILES string of the molecule is CC1(C)CC(C(=O)O)CC(C)(C)N1O.CC1(C)CC(N)CC(C)(C)N1O.CC1(C)CC(NC(=O)C2CC(C)(C)N(O)C(C)(C)C2)CC(C)(C)N1O. The standard InChI is InChI=1S/C19H37N3O3.C10H19NO3.C9H20N2O/c1-16(2)9-13(10-17(3,4)21(16)24)15(23)20-14-11-18(5,6)22(25)19(7,8)12-14;1-9(2)5-7(8(12)13)6-10(3,4)11(9)14;1-8(2)5-7(10)6-9(3,4)11(8)12/h13-14,24-25H,9-12H2,1-8H3,(H,20,23);7,14H,5-6H2,1-4H3,(H,12,13);7,12H,5-6,10H2,1-4H3. The number of piperidine rings is 4. The van der Waals surface area contributed by atoms with Gasteiger partial charge in [0.15, 0.2) is 0 Å². The van der Waals surface area contributed by atoms with Gasteiger partial charge in [0, 0.05) is 62.3 Å². The molecule has 13 nitrogen and oxygen atoms in total. The maximum Gasteiger partial charge on any atom is 0.306 e. The maximum absolute atomic E-state index is 13.0. The predicted molar refractivity (Wildman–Crippen MR) is 199 cm³/mol. The summed E-state index contributed by atoms with van der Waals surface area (Å²) in [7, 11) is 0. The van der Waals surface area contributed by atoms with Gasteiger partial charge in [-0.15, -0.1) is 0 Å². The zero-order valence-corrected chi connectivity index (χ0v) is 34.9. The highest BCUT2D eigenvalue weighted by atomic mass is 16.5. The summed E-state index contributed by atoms with van der Waals surface area (Å²) < 4.78 is 0. The number of aliphatic carboxylic acids is 1. The number of nitrogens with two attached hydrogens (primary N) is 1. The molecule has 4 rings (SSSR count). The number of nitrogens with one attached hydrogen (secondary N) is 1. The van der Waals surface area contributed by atoms with Gasteiger partial charge in [0.2, 0.25) is 5.91 Å². The molecule has 0 saturated carbocycles. The third-order valence-electron chi connectivity index (χ3n) is 11.7. The van der Waals surface area contributed by atoms with Gasteiger partial charge in [-0.2, -0.15) is 20.3 Å². The van der Waals surface area contributed by atoms with Crippen LogP contribution in [0.5, 0.6) is 0 Å². The van der Waals surface area contributed by atoms with E-state index in [1.54, 1.807) is 0 Å². The van der Waals surface area contributed by atoms with E-state index in [4.69, 9.17) is 10.8 Å². The average Bonchev–Trinajstić information content (AvgIpc) is 2.91. The fraction of sp³-hybridized carbons (Fsp3) is 0.947. The van der Waals surface area contributed by atoms with Gasteiger partial charge in [-0.25, -0.2) is 0 Å². The van der Waals surface area contributed by atoms with E-state index in [-0.39, 0.29) is 52.0 Å². The second-order valence-electron chi connectivity index (χ2n) is 21.1. The molecule has 0 aliphatic carbocycles. The van der Waals surface area contributed by atoms with E-state index in [0.717, 1.165) is 12.8 Å².